The lowest BCUT2D eigenvalue weighted by molar-refractivity contribution is -0.125. The summed E-state index contributed by atoms with van der Waals surface area (Å²) in [5.41, 5.74) is 1.85. The van der Waals surface area contributed by atoms with E-state index in [-0.39, 0.29) is 22.9 Å². The largest absolute Gasteiger partial charge is 0.356 e. The summed E-state index contributed by atoms with van der Waals surface area (Å²) >= 11 is 6.16. The van der Waals surface area contributed by atoms with Crippen LogP contribution in [0.5, 0.6) is 0 Å². The molecule has 0 radical (unpaired) electrons. The summed E-state index contributed by atoms with van der Waals surface area (Å²) in [5, 5.41) is 6.03. The number of nitrogens with one attached hydrogen (secondary N) is 2. The predicted molar refractivity (Wildman–Crippen MR) is 162 cm³/mol. The van der Waals surface area contributed by atoms with Gasteiger partial charge >= 0.3 is 0 Å². The summed E-state index contributed by atoms with van der Waals surface area (Å²) in [6.07, 6.45) is 6.39. The van der Waals surface area contributed by atoms with Crippen molar-refractivity contribution in [2.45, 2.75) is 50.5 Å². The van der Waals surface area contributed by atoms with Gasteiger partial charge in [0, 0.05) is 37.1 Å². The monoisotopic (exact) mass is 624 g/mol. The molecule has 2 N–H and O–H groups in total. The summed E-state index contributed by atoms with van der Waals surface area (Å²) < 4.78 is 29.4. The van der Waals surface area contributed by atoms with Crippen molar-refractivity contribution in [2.75, 3.05) is 29.3 Å². The summed E-state index contributed by atoms with van der Waals surface area (Å²) in [6.45, 7) is 4.85. The van der Waals surface area contributed by atoms with Gasteiger partial charge in [0.15, 0.2) is 0 Å². The Morgan fingerprint density at radius 1 is 1.09 bits per heavy atom. The van der Waals surface area contributed by atoms with Crippen LogP contribution in [0.15, 0.2) is 59.9 Å². The smallest absolute Gasteiger partial charge is 0.274 e. The number of aromatic nitrogens is 2. The van der Waals surface area contributed by atoms with Gasteiger partial charge in [0.25, 0.3) is 15.9 Å². The molecule has 226 valence electrons. The minimum absolute atomic E-state index is 0.0518. The molecule has 1 atom stereocenters. The Labute approximate surface area is 255 Å². The van der Waals surface area contributed by atoms with Crippen LogP contribution in [0.25, 0.3) is 0 Å². The molecule has 1 saturated heterocycles. The zero-order chi connectivity index (χ0) is 30.7. The second-order valence-corrected chi connectivity index (χ2v) is 13.0. The van der Waals surface area contributed by atoms with E-state index in [0.717, 1.165) is 17.1 Å². The zero-order valence-electron chi connectivity index (χ0n) is 23.9. The third-order valence-corrected chi connectivity index (χ3v) is 10.2. The number of benzene rings is 2. The molecule has 11 nitrogen and oxygen atoms in total. The van der Waals surface area contributed by atoms with Gasteiger partial charge in [-0.05, 0) is 74.4 Å². The van der Waals surface area contributed by atoms with E-state index in [2.05, 4.69) is 20.6 Å². The highest BCUT2D eigenvalue weighted by Crippen LogP contribution is 2.39. The van der Waals surface area contributed by atoms with Gasteiger partial charge in [0.1, 0.15) is 11.7 Å². The van der Waals surface area contributed by atoms with Crippen LogP contribution in [-0.2, 0) is 19.6 Å². The molecule has 3 aromatic rings. The Balaban J connectivity index is 1.24. The molecule has 0 aliphatic carbocycles. The van der Waals surface area contributed by atoms with Gasteiger partial charge in [-0.1, -0.05) is 23.7 Å². The van der Waals surface area contributed by atoms with Crippen molar-refractivity contribution in [1.29, 1.82) is 0 Å². The highest BCUT2D eigenvalue weighted by atomic mass is 35.5. The summed E-state index contributed by atoms with van der Waals surface area (Å²) in [5.74, 6) is -0.846. The number of halogens is 1. The van der Waals surface area contributed by atoms with Gasteiger partial charge < -0.3 is 15.5 Å². The molecule has 0 saturated carbocycles. The summed E-state index contributed by atoms with van der Waals surface area (Å²) in [4.78, 5) is 48.8. The average Bonchev–Trinajstić information content (AvgIpc) is 2.97. The summed E-state index contributed by atoms with van der Waals surface area (Å²) in [7, 11) is -4.26. The van der Waals surface area contributed by atoms with Gasteiger partial charge in [-0.15, -0.1) is 0 Å². The predicted octanol–water partition coefficient (Wildman–Crippen LogP) is 3.71. The van der Waals surface area contributed by atoms with Gasteiger partial charge in [0.05, 0.1) is 28.9 Å². The van der Waals surface area contributed by atoms with Crippen molar-refractivity contribution in [1.82, 2.24) is 20.2 Å². The second kappa shape index (κ2) is 12.7. The van der Waals surface area contributed by atoms with E-state index >= 15 is 0 Å². The maximum atomic E-state index is 14.2. The molecule has 3 amide bonds. The number of amides is 3. The Morgan fingerprint density at radius 3 is 2.47 bits per heavy atom. The van der Waals surface area contributed by atoms with E-state index in [9.17, 15) is 22.8 Å². The average molecular weight is 625 g/mol. The van der Waals surface area contributed by atoms with Crippen LogP contribution >= 0.6 is 11.6 Å². The van der Waals surface area contributed by atoms with Crippen molar-refractivity contribution < 1.29 is 22.8 Å². The first-order chi connectivity index (χ1) is 20.6. The van der Waals surface area contributed by atoms with Crippen molar-refractivity contribution in [3.05, 3.63) is 76.8 Å². The molecule has 2 aliphatic heterocycles. The van der Waals surface area contributed by atoms with Crippen molar-refractivity contribution in [2.24, 2.45) is 5.92 Å². The maximum absolute atomic E-state index is 14.2. The highest BCUT2D eigenvalue weighted by Gasteiger charge is 2.43. The molecule has 2 aliphatic rings. The topological polar surface area (TPSA) is 142 Å². The van der Waals surface area contributed by atoms with Crippen LogP contribution in [0.1, 0.15) is 47.3 Å². The number of piperidine rings is 1. The van der Waals surface area contributed by atoms with Crippen LogP contribution in [0.2, 0.25) is 5.02 Å². The number of likely N-dealkylation sites (tertiary alicyclic amines) is 1. The normalized spacial score (nSPS) is 17.3. The highest BCUT2D eigenvalue weighted by molar-refractivity contribution is 7.93. The number of nitrogens with zero attached hydrogens (tertiary/aromatic N) is 4. The van der Waals surface area contributed by atoms with E-state index in [1.54, 1.807) is 55.1 Å². The van der Waals surface area contributed by atoms with Crippen LogP contribution in [0.4, 0.5) is 11.4 Å². The molecule has 0 spiro atoms. The molecular weight excluding hydrogens is 592 g/mol. The van der Waals surface area contributed by atoms with E-state index < -0.39 is 27.9 Å². The van der Waals surface area contributed by atoms with Crippen LogP contribution in [0, 0.1) is 19.8 Å². The van der Waals surface area contributed by atoms with E-state index in [4.69, 9.17) is 11.6 Å². The molecule has 3 heterocycles. The van der Waals surface area contributed by atoms with E-state index in [0.29, 0.717) is 59.5 Å². The first-order valence-electron chi connectivity index (χ1n) is 14.1. The third kappa shape index (κ3) is 6.50. The third-order valence-electron chi connectivity index (χ3n) is 7.86. The molecule has 1 aromatic heterocycles. The first kappa shape index (κ1) is 30.4. The number of carbonyl (C=O) groups is 3. The first-order valence-corrected chi connectivity index (χ1v) is 15.9. The number of rotatable bonds is 8. The Kier molecular flexibility index (Phi) is 8.97. The van der Waals surface area contributed by atoms with Gasteiger partial charge in [-0.3, -0.25) is 23.7 Å². The van der Waals surface area contributed by atoms with Crippen molar-refractivity contribution in [3.63, 3.8) is 0 Å². The number of fused-ring (bicyclic) bond motifs is 1. The second-order valence-electron chi connectivity index (χ2n) is 10.9. The zero-order valence-corrected chi connectivity index (χ0v) is 25.5. The molecule has 13 heteroatoms. The fourth-order valence-corrected chi connectivity index (χ4v) is 8.18. The lowest BCUT2D eigenvalue weighted by Crippen LogP contribution is -2.53. The number of sulfonamides is 1. The number of hydrogen-bond donors (Lipinski definition) is 2. The van der Waals surface area contributed by atoms with Gasteiger partial charge in [-0.25, -0.2) is 13.4 Å². The van der Waals surface area contributed by atoms with E-state index in [1.807, 2.05) is 0 Å². The van der Waals surface area contributed by atoms with Crippen molar-refractivity contribution in [3.8, 4) is 0 Å². The van der Waals surface area contributed by atoms with Gasteiger partial charge in [-0.2, -0.15) is 0 Å². The Morgan fingerprint density at radius 2 is 1.79 bits per heavy atom. The quantitative estimate of drug-likeness (QED) is 0.389. The van der Waals surface area contributed by atoms with Crippen LogP contribution < -0.4 is 14.9 Å². The molecular formula is C30H33ClN6O5S. The fraction of sp³-hybridized carbons (Fsp3) is 0.367. The number of carbonyl (C=O) groups excluding carboxylic acids is 3. The molecule has 0 bridgehead atoms. The van der Waals surface area contributed by atoms with Crippen LogP contribution in [0.3, 0.4) is 0 Å². The van der Waals surface area contributed by atoms with Gasteiger partial charge in [0.2, 0.25) is 11.8 Å². The molecule has 43 heavy (non-hydrogen) atoms. The standard InChI is InChI=1S/C30H33ClN6O5S/c1-19-15-22(31)16-20(2)28(19)43(41,42)37-25-6-4-3-5-23(25)35-29(39)26(37)17-27(38)34-10-7-21-8-13-36(14-9-21)30(40)24-18-32-11-12-33-24/h3-6,11-12,15-16,18,21,26H,7-10,13-14,17H2,1-2H3,(H,34,38)(H,35,39). The molecule has 2 aromatic carbocycles. The SMILES string of the molecule is Cc1cc(Cl)cc(C)c1S(=O)(=O)N1c2ccccc2NC(=O)C1CC(=O)NCCC1CCN(C(=O)c2cnccn2)CC1. The lowest BCUT2D eigenvalue weighted by atomic mass is 9.93. The number of anilines is 2. The Hall–Kier alpha value is -4.03. The molecule has 1 unspecified atom stereocenters. The van der Waals surface area contributed by atoms with E-state index in [1.165, 1.54) is 18.6 Å². The van der Waals surface area contributed by atoms with Crippen molar-refractivity contribution >= 4 is 50.7 Å². The van der Waals surface area contributed by atoms with Crippen LogP contribution in [-0.4, -0.2) is 66.7 Å². The maximum Gasteiger partial charge on any atom is 0.274 e. The molecule has 5 rings (SSSR count). The number of aryl methyl sites for hydroxylation is 2. The Bertz CT molecular complexity index is 1620. The number of hydrogen-bond acceptors (Lipinski definition) is 7. The minimum Gasteiger partial charge on any atom is -0.356 e. The fourth-order valence-electron chi connectivity index (χ4n) is 5.80. The lowest BCUT2D eigenvalue weighted by Gasteiger charge is -2.37. The summed E-state index contributed by atoms with van der Waals surface area (Å²) in [6, 6.07) is 8.46. The minimum atomic E-state index is -4.26. The number of para-hydroxylation sites is 2. The molecule has 1 fully saturated rings.